The Hall–Kier alpha value is -0.610. The summed E-state index contributed by atoms with van der Waals surface area (Å²) in [7, 11) is 1.76. The fourth-order valence-electron chi connectivity index (χ4n) is 2.86. The molecule has 0 aromatic rings. The number of hydrogen-bond acceptors (Lipinski definition) is 3. The summed E-state index contributed by atoms with van der Waals surface area (Å²) in [6.45, 7) is 0.435. The van der Waals surface area contributed by atoms with E-state index in [2.05, 4.69) is 0 Å². The zero-order valence-electron chi connectivity index (χ0n) is 10.0. The summed E-state index contributed by atoms with van der Waals surface area (Å²) in [5.74, 6) is -0.000856. The highest BCUT2D eigenvalue weighted by Crippen LogP contribution is 2.33. The highest BCUT2D eigenvalue weighted by Gasteiger charge is 2.43. The van der Waals surface area contributed by atoms with Gasteiger partial charge in [0.1, 0.15) is 0 Å². The Morgan fingerprint density at radius 3 is 2.25 bits per heavy atom. The molecule has 4 heteroatoms. The number of amides is 1. The lowest BCUT2D eigenvalue weighted by Gasteiger charge is -2.40. The van der Waals surface area contributed by atoms with Crippen LogP contribution < -0.4 is 5.73 Å². The van der Waals surface area contributed by atoms with Gasteiger partial charge in [-0.05, 0) is 32.1 Å². The Balaban J connectivity index is 1.92. The first-order chi connectivity index (χ1) is 7.45. The van der Waals surface area contributed by atoms with E-state index in [9.17, 15) is 9.90 Å². The van der Waals surface area contributed by atoms with E-state index in [0.29, 0.717) is 6.54 Å². The quantitative estimate of drug-likeness (QED) is 0.742. The Labute approximate surface area is 96.8 Å². The van der Waals surface area contributed by atoms with Crippen molar-refractivity contribution in [3.8, 4) is 0 Å². The Morgan fingerprint density at radius 1 is 1.25 bits per heavy atom. The number of rotatable bonds is 3. The van der Waals surface area contributed by atoms with E-state index in [4.69, 9.17) is 5.73 Å². The maximum atomic E-state index is 12.1. The number of nitrogens with two attached hydrogens (primary N) is 1. The SMILES string of the molecule is CN(CC1(O)CCCC1)C(=O)C1(N)CCC1. The van der Waals surface area contributed by atoms with Gasteiger partial charge in [0.25, 0.3) is 0 Å². The molecule has 2 fully saturated rings. The second kappa shape index (κ2) is 4.00. The van der Waals surface area contributed by atoms with Crippen LogP contribution in [0, 0.1) is 0 Å². The Kier molecular flexibility index (Phi) is 2.97. The van der Waals surface area contributed by atoms with E-state index in [1.807, 2.05) is 0 Å². The van der Waals surface area contributed by atoms with Crippen molar-refractivity contribution in [2.24, 2.45) is 5.73 Å². The molecule has 2 aliphatic rings. The van der Waals surface area contributed by atoms with Crippen molar-refractivity contribution in [1.82, 2.24) is 4.90 Å². The first-order valence-electron chi connectivity index (χ1n) is 6.22. The molecule has 0 heterocycles. The van der Waals surface area contributed by atoms with E-state index < -0.39 is 11.1 Å². The van der Waals surface area contributed by atoms with Gasteiger partial charge >= 0.3 is 0 Å². The van der Waals surface area contributed by atoms with Crippen molar-refractivity contribution in [3.63, 3.8) is 0 Å². The van der Waals surface area contributed by atoms with Crippen LogP contribution in [0.15, 0.2) is 0 Å². The predicted molar refractivity (Wildman–Crippen MR) is 61.8 cm³/mol. The molecule has 2 rings (SSSR count). The van der Waals surface area contributed by atoms with Gasteiger partial charge in [-0.3, -0.25) is 4.79 Å². The van der Waals surface area contributed by atoms with Gasteiger partial charge in [-0.15, -0.1) is 0 Å². The summed E-state index contributed by atoms with van der Waals surface area (Å²) in [6.07, 6.45) is 6.35. The van der Waals surface area contributed by atoms with Crippen LogP contribution in [-0.4, -0.2) is 40.6 Å². The van der Waals surface area contributed by atoms with Crippen molar-refractivity contribution >= 4 is 5.91 Å². The largest absolute Gasteiger partial charge is 0.388 e. The average Bonchev–Trinajstić information content (AvgIpc) is 2.60. The first kappa shape index (κ1) is 11.9. The van der Waals surface area contributed by atoms with Crippen LogP contribution in [0.1, 0.15) is 44.9 Å². The Morgan fingerprint density at radius 2 is 1.81 bits per heavy atom. The van der Waals surface area contributed by atoms with Crippen LogP contribution >= 0.6 is 0 Å². The molecule has 0 spiro atoms. The molecule has 0 bridgehead atoms. The van der Waals surface area contributed by atoms with Crippen molar-refractivity contribution < 1.29 is 9.90 Å². The molecule has 0 aliphatic heterocycles. The van der Waals surface area contributed by atoms with Gasteiger partial charge in [0.2, 0.25) is 5.91 Å². The fraction of sp³-hybridized carbons (Fsp3) is 0.917. The average molecular weight is 226 g/mol. The van der Waals surface area contributed by atoms with Gasteiger partial charge in [-0.25, -0.2) is 0 Å². The van der Waals surface area contributed by atoms with Crippen LogP contribution in [-0.2, 0) is 4.79 Å². The molecule has 16 heavy (non-hydrogen) atoms. The minimum absolute atomic E-state index is 0.000856. The van der Waals surface area contributed by atoms with E-state index >= 15 is 0 Å². The third kappa shape index (κ3) is 2.09. The lowest BCUT2D eigenvalue weighted by atomic mass is 9.76. The summed E-state index contributed by atoms with van der Waals surface area (Å²) >= 11 is 0. The maximum absolute atomic E-state index is 12.1. The summed E-state index contributed by atoms with van der Waals surface area (Å²) in [6, 6.07) is 0. The summed E-state index contributed by atoms with van der Waals surface area (Å²) in [5, 5.41) is 10.2. The molecular formula is C12H22N2O2. The van der Waals surface area contributed by atoms with Crippen LogP contribution in [0.2, 0.25) is 0 Å². The minimum Gasteiger partial charge on any atom is -0.388 e. The number of carbonyl (C=O) groups excluding carboxylic acids is 1. The monoisotopic (exact) mass is 226 g/mol. The fourth-order valence-corrected chi connectivity index (χ4v) is 2.86. The molecule has 0 atom stereocenters. The van der Waals surface area contributed by atoms with E-state index in [-0.39, 0.29) is 5.91 Å². The smallest absolute Gasteiger partial charge is 0.242 e. The predicted octanol–water partition coefficient (Wildman–Crippen LogP) is 0.631. The zero-order valence-corrected chi connectivity index (χ0v) is 10.0. The Bertz CT molecular complexity index is 281. The molecule has 4 nitrogen and oxygen atoms in total. The number of aliphatic hydroxyl groups is 1. The second-order valence-corrected chi connectivity index (χ2v) is 5.60. The maximum Gasteiger partial charge on any atom is 0.242 e. The van der Waals surface area contributed by atoms with Gasteiger partial charge in [-0.1, -0.05) is 12.8 Å². The van der Waals surface area contributed by atoms with Gasteiger partial charge in [-0.2, -0.15) is 0 Å². The standard InChI is InChI=1S/C12H22N2O2/c1-14(9-11(16)5-2-3-6-11)10(15)12(13)7-4-8-12/h16H,2-9,13H2,1H3. The summed E-state index contributed by atoms with van der Waals surface area (Å²) < 4.78 is 0. The van der Waals surface area contributed by atoms with Gasteiger partial charge in [0, 0.05) is 13.6 Å². The molecule has 2 aliphatic carbocycles. The topological polar surface area (TPSA) is 66.6 Å². The normalized spacial score (nSPS) is 26.2. The number of carbonyl (C=O) groups is 1. The third-order valence-corrected chi connectivity index (χ3v) is 4.08. The minimum atomic E-state index is -0.662. The molecule has 2 saturated carbocycles. The molecule has 92 valence electrons. The number of hydrogen-bond donors (Lipinski definition) is 2. The lowest BCUT2D eigenvalue weighted by molar-refractivity contribution is -0.142. The van der Waals surface area contributed by atoms with E-state index in [0.717, 1.165) is 44.9 Å². The molecular weight excluding hydrogens is 204 g/mol. The lowest BCUT2D eigenvalue weighted by Crippen LogP contribution is -2.60. The van der Waals surface area contributed by atoms with Crippen LogP contribution in [0.25, 0.3) is 0 Å². The second-order valence-electron chi connectivity index (χ2n) is 5.60. The number of nitrogens with zero attached hydrogens (tertiary/aromatic N) is 1. The highest BCUT2D eigenvalue weighted by atomic mass is 16.3. The third-order valence-electron chi connectivity index (χ3n) is 4.08. The highest BCUT2D eigenvalue weighted by molar-refractivity contribution is 5.87. The molecule has 1 amide bonds. The summed E-state index contributed by atoms with van der Waals surface area (Å²) in [5.41, 5.74) is 4.69. The van der Waals surface area contributed by atoms with Gasteiger partial charge < -0.3 is 15.7 Å². The van der Waals surface area contributed by atoms with Crippen LogP contribution in [0.5, 0.6) is 0 Å². The van der Waals surface area contributed by atoms with Crippen molar-refractivity contribution in [2.75, 3.05) is 13.6 Å². The van der Waals surface area contributed by atoms with Gasteiger partial charge in [0.05, 0.1) is 11.1 Å². The van der Waals surface area contributed by atoms with Crippen LogP contribution in [0.3, 0.4) is 0 Å². The van der Waals surface area contributed by atoms with Crippen molar-refractivity contribution in [2.45, 2.75) is 56.1 Å². The van der Waals surface area contributed by atoms with E-state index in [1.165, 1.54) is 0 Å². The molecule has 0 saturated heterocycles. The number of likely N-dealkylation sites (N-methyl/N-ethyl adjacent to an activating group) is 1. The molecule has 0 unspecified atom stereocenters. The molecule has 0 aromatic carbocycles. The molecule has 0 radical (unpaired) electrons. The first-order valence-corrected chi connectivity index (χ1v) is 6.22. The van der Waals surface area contributed by atoms with E-state index in [1.54, 1.807) is 11.9 Å². The molecule has 0 aromatic heterocycles. The van der Waals surface area contributed by atoms with Crippen molar-refractivity contribution in [1.29, 1.82) is 0 Å². The van der Waals surface area contributed by atoms with Crippen molar-refractivity contribution in [3.05, 3.63) is 0 Å². The zero-order chi connectivity index (χ0) is 11.8. The molecule has 3 N–H and O–H groups in total. The van der Waals surface area contributed by atoms with Gasteiger partial charge in [0.15, 0.2) is 0 Å². The van der Waals surface area contributed by atoms with Crippen LogP contribution in [0.4, 0.5) is 0 Å². The summed E-state index contributed by atoms with van der Waals surface area (Å²) in [4.78, 5) is 13.7.